The van der Waals surface area contributed by atoms with Crippen molar-refractivity contribution in [2.24, 2.45) is 5.92 Å². The lowest BCUT2D eigenvalue weighted by molar-refractivity contribution is -0.122. The van der Waals surface area contributed by atoms with Gasteiger partial charge in [-0.25, -0.2) is 4.98 Å². The summed E-state index contributed by atoms with van der Waals surface area (Å²) in [5.41, 5.74) is 1.96. The summed E-state index contributed by atoms with van der Waals surface area (Å²) in [6, 6.07) is 8.21. The van der Waals surface area contributed by atoms with Crippen molar-refractivity contribution >= 4 is 16.9 Å². The number of fused-ring (bicyclic) bond motifs is 1. The Morgan fingerprint density at radius 1 is 1.48 bits per heavy atom. The van der Waals surface area contributed by atoms with E-state index in [9.17, 15) is 4.79 Å². The van der Waals surface area contributed by atoms with Gasteiger partial charge in [0, 0.05) is 6.04 Å². The zero-order valence-electron chi connectivity index (χ0n) is 12.6. The van der Waals surface area contributed by atoms with E-state index in [4.69, 9.17) is 0 Å². The van der Waals surface area contributed by atoms with Crippen molar-refractivity contribution in [1.82, 2.24) is 20.2 Å². The topological polar surface area (TPSA) is 59.0 Å². The molecule has 1 aromatic heterocycles. The highest BCUT2D eigenvalue weighted by Gasteiger charge is 2.23. The summed E-state index contributed by atoms with van der Waals surface area (Å²) >= 11 is 0. The largest absolute Gasteiger partial charge is 0.351 e. The smallest absolute Gasteiger partial charge is 0.240 e. The highest BCUT2D eigenvalue weighted by Crippen LogP contribution is 2.15. The highest BCUT2D eigenvalue weighted by atomic mass is 16.2. The van der Waals surface area contributed by atoms with Gasteiger partial charge in [-0.3, -0.25) is 4.79 Å². The Bertz CT molecular complexity index is 649. The Hall–Kier alpha value is -1.88. The van der Waals surface area contributed by atoms with Gasteiger partial charge >= 0.3 is 0 Å². The molecule has 5 nitrogen and oxygen atoms in total. The Morgan fingerprint density at radius 2 is 2.29 bits per heavy atom. The molecule has 0 bridgehead atoms. The van der Waals surface area contributed by atoms with Crippen LogP contribution < -0.4 is 10.6 Å². The molecule has 1 saturated heterocycles. The molecule has 3 rings (SSSR count). The van der Waals surface area contributed by atoms with Gasteiger partial charge in [-0.1, -0.05) is 19.1 Å². The Balaban J connectivity index is 1.73. The molecule has 2 unspecified atom stereocenters. The third-order valence-electron chi connectivity index (χ3n) is 4.28. The number of imidazole rings is 1. The molecule has 112 valence electrons. The number of nitrogens with zero attached hydrogens (tertiary/aromatic N) is 2. The van der Waals surface area contributed by atoms with Crippen LogP contribution in [0, 0.1) is 12.8 Å². The molecule has 1 fully saturated rings. The molecule has 2 heterocycles. The molecule has 5 heteroatoms. The monoisotopic (exact) mass is 286 g/mol. The maximum absolute atomic E-state index is 12.3. The van der Waals surface area contributed by atoms with E-state index in [0.717, 1.165) is 36.4 Å². The zero-order chi connectivity index (χ0) is 14.8. The second-order valence-corrected chi connectivity index (χ2v) is 5.88. The Labute approximate surface area is 124 Å². The lowest BCUT2D eigenvalue weighted by Gasteiger charge is -2.30. The fourth-order valence-corrected chi connectivity index (χ4v) is 3.02. The number of nitrogens with one attached hydrogen (secondary N) is 2. The van der Waals surface area contributed by atoms with Gasteiger partial charge in [0.05, 0.1) is 11.0 Å². The fraction of sp³-hybridized carbons (Fsp3) is 0.500. The van der Waals surface area contributed by atoms with Crippen molar-refractivity contribution in [3.63, 3.8) is 0 Å². The van der Waals surface area contributed by atoms with Crippen molar-refractivity contribution in [2.45, 2.75) is 32.9 Å². The summed E-state index contributed by atoms with van der Waals surface area (Å²) in [5, 5.41) is 6.52. The average molecular weight is 286 g/mol. The molecule has 21 heavy (non-hydrogen) atoms. The van der Waals surface area contributed by atoms with E-state index in [0.29, 0.717) is 12.5 Å². The molecule has 1 amide bonds. The van der Waals surface area contributed by atoms with Gasteiger partial charge in [0.15, 0.2) is 0 Å². The molecular formula is C16H22N4O. The summed E-state index contributed by atoms with van der Waals surface area (Å²) in [6.45, 7) is 6.40. The number of piperidine rings is 1. The summed E-state index contributed by atoms with van der Waals surface area (Å²) in [5.74, 6) is 1.42. The predicted octanol–water partition coefficient (Wildman–Crippen LogP) is 1.46. The van der Waals surface area contributed by atoms with Gasteiger partial charge in [0.2, 0.25) is 5.91 Å². The van der Waals surface area contributed by atoms with Gasteiger partial charge in [-0.2, -0.15) is 0 Å². The second-order valence-electron chi connectivity index (χ2n) is 5.88. The average Bonchev–Trinajstić information content (AvgIpc) is 2.78. The standard InChI is InChI=1S/C16H22N4O/c1-11-9-17-8-7-13(11)19-16(21)10-20-12(2)18-14-5-3-4-6-15(14)20/h3-6,11,13,17H,7-10H2,1-2H3,(H,19,21). The van der Waals surface area contributed by atoms with Crippen LogP contribution in [0.1, 0.15) is 19.2 Å². The molecule has 0 spiro atoms. The van der Waals surface area contributed by atoms with Gasteiger partial charge in [0.1, 0.15) is 12.4 Å². The number of rotatable bonds is 3. The third kappa shape index (κ3) is 2.93. The van der Waals surface area contributed by atoms with Gasteiger partial charge < -0.3 is 15.2 Å². The van der Waals surface area contributed by atoms with Crippen LogP contribution in [-0.4, -0.2) is 34.6 Å². The van der Waals surface area contributed by atoms with Crippen molar-refractivity contribution < 1.29 is 4.79 Å². The molecule has 2 aromatic rings. The predicted molar refractivity (Wildman–Crippen MR) is 83.1 cm³/mol. The van der Waals surface area contributed by atoms with E-state index in [1.807, 2.05) is 35.8 Å². The first-order chi connectivity index (χ1) is 10.1. The minimum atomic E-state index is 0.0694. The summed E-state index contributed by atoms with van der Waals surface area (Å²) in [6.07, 6.45) is 0.997. The van der Waals surface area contributed by atoms with Crippen molar-refractivity contribution in [2.75, 3.05) is 13.1 Å². The van der Waals surface area contributed by atoms with Crippen LogP contribution in [0.2, 0.25) is 0 Å². The fourth-order valence-electron chi connectivity index (χ4n) is 3.02. The van der Waals surface area contributed by atoms with E-state index in [1.165, 1.54) is 0 Å². The van der Waals surface area contributed by atoms with Crippen LogP contribution in [-0.2, 0) is 11.3 Å². The summed E-state index contributed by atoms with van der Waals surface area (Å²) in [7, 11) is 0. The zero-order valence-corrected chi connectivity index (χ0v) is 12.6. The van der Waals surface area contributed by atoms with E-state index in [2.05, 4.69) is 22.5 Å². The van der Waals surface area contributed by atoms with Crippen LogP contribution >= 0.6 is 0 Å². The number of amides is 1. The Morgan fingerprint density at radius 3 is 3.10 bits per heavy atom. The lowest BCUT2D eigenvalue weighted by Crippen LogP contribution is -2.49. The molecule has 0 saturated carbocycles. The summed E-state index contributed by atoms with van der Waals surface area (Å²) < 4.78 is 1.98. The van der Waals surface area contributed by atoms with Crippen LogP contribution in [0.3, 0.4) is 0 Å². The normalized spacial score (nSPS) is 22.4. The number of aromatic nitrogens is 2. The van der Waals surface area contributed by atoms with Crippen LogP contribution in [0.4, 0.5) is 0 Å². The Kier molecular flexibility index (Phi) is 3.92. The first kappa shape index (κ1) is 14.1. The number of hydrogen-bond acceptors (Lipinski definition) is 3. The van der Waals surface area contributed by atoms with Crippen LogP contribution in [0.5, 0.6) is 0 Å². The minimum Gasteiger partial charge on any atom is -0.351 e. The van der Waals surface area contributed by atoms with Crippen LogP contribution in [0.15, 0.2) is 24.3 Å². The minimum absolute atomic E-state index is 0.0694. The molecule has 2 atom stereocenters. The van der Waals surface area contributed by atoms with Crippen LogP contribution in [0.25, 0.3) is 11.0 Å². The van der Waals surface area contributed by atoms with E-state index >= 15 is 0 Å². The first-order valence-corrected chi connectivity index (χ1v) is 7.57. The summed E-state index contributed by atoms with van der Waals surface area (Å²) in [4.78, 5) is 16.8. The van der Waals surface area contributed by atoms with Gasteiger partial charge in [-0.05, 0) is 44.5 Å². The number of para-hydroxylation sites is 2. The first-order valence-electron chi connectivity index (χ1n) is 7.57. The quantitative estimate of drug-likeness (QED) is 0.898. The number of benzene rings is 1. The lowest BCUT2D eigenvalue weighted by atomic mass is 9.95. The number of carbonyl (C=O) groups is 1. The van der Waals surface area contributed by atoms with E-state index in [1.54, 1.807) is 0 Å². The molecule has 2 N–H and O–H groups in total. The molecule has 1 aliphatic heterocycles. The maximum atomic E-state index is 12.3. The van der Waals surface area contributed by atoms with E-state index < -0.39 is 0 Å². The van der Waals surface area contributed by atoms with Crippen molar-refractivity contribution in [3.8, 4) is 0 Å². The van der Waals surface area contributed by atoms with E-state index in [-0.39, 0.29) is 11.9 Å². The highest BCUT2D eigenvalue weighted by molar-refractivity contribution is 5.81. The van der Waals surface area contributed by atoms with Crippen molar-refractivity contribution in [3.05, 3.63) is 30.1 Å². The number of carbonyl (C=O) groups excluding carboxylic acids is 1. The molecule has 0 radical (unpaired) electrons. The van der Waals surface area contributed by atoms with Crippen molar-refractivity contribution in [1.29, 1.82) is 0 Å². The van der Waals surface area contributed by atoms with Gasteiger partial charge in [-0.15, -0.1) is 0 Å². The molecular weight excluding hydrogens is 264 g/mol. The molecule has 1 aromatic carbocycles. The third-order valence-corrected chi connectivity index (χ3v) is 4.28. The number of aryl methyl sites for hydroxylation is 1. The SMILES string of the molecule is Cc1nc2ccccc2n1CC(=O)NC1CCNCC1C. The molecule has 0 aliphatic carbocycles. The second kappa shape index (κ2) is 5.85. The maximum Gasteiger partial charge on any atom is 0.240 e. The van der Waals surface area contributed by atoms with Gasteiger partial charge in [0.25, 0.3) is 0 Å². The number of hydrogen-bond donors (Lipinski definition) is 2. The molecule has 1 aliphatic rings.